The van der Waals surface area contributed by atoms with Gasteiger partial charge in [-0.15, -0.1) is 0 Å². The lowest BCUT2D eigenvalue weighted by Gasteiger charge is -2.05. The third kappa shape index (κ3) is 3.27. The minimum absolute atomic E-state index is 0.0119. The maximum Gasteiger partial charge on any atom is 0.282 e. The van der Waals surface area contributed by atoms with Crippen LogP contribution in [0.5, 0.6) is 0 Å². The molecule has 3 rings (SSSR count). The van der Waals surface area contributed by atoms with Crippen molar-refractivity contribution in [3.8, 4) is 5.69 Å². The molecule has 26 heavy (non-hydrogen) atoms. The van der Waals surface area contributed by atoms with Crippen molar-refractivity contribution in [1.82, 2.24) is 19.6 Å². The number of aromatic nitrogens is 4. The third-order valence-electron chi connectivity index (χ3n) is 3.36. The molecule has 0 radical (unpaired) electrons. The van der Waals surface area contributed by atoms with E-state index in [2.05, 4.69) is 15.5 Å². The Morgan fingerprint density at radius 2 is 1.81 bits per heavy atom. The normalized spacial score (nSPS) is 11.2. The average molecular weight is 371 g/mol. The first-order valence-corrected chi connectivity index (χ1v) is 7.09. The van der Waals surface area contributed by atoms with E-state index < -0.39 is 41.2 Å². The Morgan fingerprint density at radius 1 is 1.15 bits per heavy atom. The molecule has 0 fully saturated rings. The van der Waals surface area contributed by atoms with E-state index in [9.17, 15) is 26.7 Å². The first-order valence-electron chi connectivity index (χ1n) is 7.09. The van der Waals surface area contributed by atoms with Crippen LogP contribution in [0.4, 0.5) is 27.6 Å². The van der Waals surface area contributed by atoms with E-state index in [1.54, 1.807) is 0 Å². The van der Waals surface area contributed by atoms with Crippen molar-refractivity contribution >= 4 is 11.6 Å². The standard InChI is InChI=1S/C15H10F5N5O/c1-24-6-9(12(23-24)14(19)20)15(26)22-8-4-21-25(5-8)13-10(17)2-7(16)3-11(13)18/h2-6,14H,1H3,(H,22,26). The molecule has 1 amide bonds. The number of carbonyl (C=O) groups excluding carboxylic acids is 1. The number of halogens is 5. The van der Waals surface area contributed by atoms with Crippen molar-refractivity contribution in [3.63, 3.8) is 0 Å². The maximum atomic E-state index is 13.8. The van der Waals surface area contributed by atoms with Crippen molar-refractivity contribution in [2.45, 2.75) is 6.43 Å². The van der Waals surface area contributed by atoms with Crippen LogP contribution in [-0.2, 0) is 7.05 Å². The van der Waals surface area contributed by atoms with Crippen molar-refractivity contribution in [1.29, 1.82) is 0 Å². The molecule has 2 aromatic heterocycles. The number of hydrogen-bond donors (Lipinski definition) is 1. The molecule has 6 nitrogen and oxygen atoms in total. The van der Waals surface area contributed by atoms with E-state index in [0.717, 1.165) is 28.0 Å². The summed E-state index contributed by atoms with van der Waals surface area (Å²) in [7, 11) is 1.38. The van der Waals surface area contributed by atoms with E-state index in [-0.39, 0.29) is 11.3 Å². The molecule has 1 N–H and O–H groups in total. The Labute approximate surface area is 142 Å². The number of alkyl halides is 2. The SMILES string of the molecule is Cn1cc(C(=O)Nc2cnn(-c3c(F)cc(F)cc3F)c2)c(C(F)F)n1. The molecule has 3 aromatic rings. The number of rotatable bonds is 4. The molecule has 0 saturated heterocycles. The minimum Gasteiger partial charge on any atom is -0.319 e. The number of carbonyl (C=O) groups is 1. The van der Waals surface area contributed by atoms with Crippen LogP contribution in [-0.4, -0.2) is 25.5 Å². The summed E-state index contributed by atoms with van der Waals surface area (Å²) in [6.07, 6.45) is 0.261. The van der Waals surface area contributed by atoms with Crippen LogP contribution >= 0.6 is 0 Å². The average Bonchev–Trinajstić information content (AvgIpc) is 3.13. The molecule has 0 saturated carbocycles. The zero-order chi connectivity index (χ0) is 19.0. The lowest BCUT2D eigenvalue weighted by molar-refractivity contribution is 0.101. The summed E-state index contributed by atoms with van der Waals surface area (Å²) in [5.41, 5.74) is -1.72. The summed E-state index contributed by atoms with van der Waals surface area (Å²) in [5.74, 6) is -4.39. The van der Waals surface area contributed by atoms with Crippen LogP contribution in [0.1, 0.15) is 22.5 Å². The first kappa shape index (κ1) is 17.6. The monoisotopic (exact) mass is 371 g/mol. The highest BCUT2D eigenvalue weighted by molar-refractivity contribution is 6.04. The minimum atomic E-state index is -2.96. The molecule has 0 aliphatic rings. The van der Waals surface area contributed by atoms with Gasteiger partial charge in [0.25, 0.3) is 12.3 Å². The fraction of sp³-hybridized carbons (Fsp3) is 0.133. The Kier molecular flexibility index (Phi) is 4.45. The van der Waals surface area contributed by atoms with Crippen LogP contribution in [0.25, 0.3) is 5.69 Å². The predicted octanol–water partition coefficient (Wildman–Crippen LogP) is 3.21. The van der Waals surface area contributed by atoms with Gasteiger partial charge in [0.05, 0.1) is 23.6 Å². The number of anilines is 1. The molecule has 11 heteroatoms. The largest absolute Gasteiger partial charge is 0.319 e. The van der Waals surface area contributed by atoms with Gasteiger partial charge in [0, 0.05) is 25.4 Å². The number of aryl methyl sites for hydroxylation is 1. The Balaban J connectivity index is 1.87. The van der Waals surface area contributed by atoms with E-state index in [1.807, 2.05) is 0 Å². The topological polar surface area (TPSA) is 64.7 Å². The van der Waals surface area contributed by atoms with Gasteiger partial charge in [0.1, 0.15) is 17.2 Å². The number of hydrogen-bond acceptors (Lipinski definition) is 3. The molecule has 0 bridgehead atoms. The van der Waals surface area contributed by atoms with Crippen molar-refractivity contribution in [2.75, 3.05) is 5.32 Å². The zero-order valence-electron chi connectivity index (χ0n) is 13.1. The highest BCUT2D eigenvalue weighted by Crippen LogP contribution is 2.23. The van der Waals surface area contributed by atoms with E-state index >= 15 is 0 Å². The third-order valence-corrected chi connectivity index (χ3v) is 3.36. The van der Waals surface area contributed by atoms with Crippen LogP contribution < -0.4 is 5.32 Å². The number of benzene rings is 1. The van der Waals surface area contributed by atoms with Crippen molar-refractivity contribution in [2.24, 2.45) is 7.05 Å². The quantitative estimate of drug-likeness (QED) is 0.717. The molecule has 1 aromatic carbocycles. The Hall–Kier alpha value is -3.24. The number of nitrogens with one attached hydrogen (secondary N) is 1. The van der Waals surface area contributed by atoms with Crippen LogP contribution in [0.15, 0.2) is 30.7 Å². The predicted molar refractivity (Wildman–Crippen MR) is 79.6 cm³/mol. The molecule has 0 spiro atoms. The smallest absolute Gasteiger partial charge is 0.282 e. The van der Waals surface area contributed by atoms with Crippen molar-refractivity contribution in [3.05, 3.63) is 59.4 Å². The Bertz CT molecular complexity index is 958. The van der Waals surface area contributed by atoms with Crippen LogP contribution in [0.3, 0.4) is 0 Å². The molecule has 136 valence electrons. The van der Waals surface area contributed by atoms with Gasteiger partial charge in [0.2, 0.25) is 0 Å². The lowest BCUT2D eigenvalue weighted by Crippen LogP contribution is -2.13. The summed E-state index contributed by atoms with van der Waals surface area (Å²) >= 11 is 0. The molecule has 0 aliphatic carbocycles. The number of nitrogens with zero attached hydrogens (tertiary/aromatic N) is 4. The first-order chi connectivity index (χ1) is 12.3. The van der Waals surface area contributed by atoms with Gasteiger partial charge in [-0.05, 0) is 0 Å². The second-order valence-electron chi connectivity index (χ2n) is 5.25. The fourth-order valence-electron chi connectivity index (χ4n) is 2.30. The summed E-state index contributed by atoms with van der Waals surface area (Å²) in [6.45, 7) is 0. The molecule has 2 heterocycles. The highest BCUT2D eigenvalue weighted by atomic mass is 19.3. The molecule has 0 aliphatic heterocycles. The van der Waals surface area contributed by atoms with E-state index in [4.69, 9.17) is 0 Å². The van der Waals surface area contributed by atoms with Crippen LogP contribution in [0, 0.1) is 17.5 Å². The summed E-state index contributed by atoms with van der Waals surface area (Å²) in [4.78, 5) is 12.1. The molecular formula is C15H10F5N5O. The van der Waals surface area contributed by atoms with Gasteiger partial charge >= 0.3 is 0 Å². The maximum absolute atomic E-state index is 13.8. The second kappa shape index (κ2) is 6.58. The van der Waals surface area contributed by atoms with Gasteiger partial charge in [-0.3, -0.25) is 9.48 Å². The molecule has 0 atom stereocenters. The summed E-state index contributed by atoms with van der Waals surface area (Å²) in [5, 5.41) is 9.46. The van der Waals surface area contributed by atoms with Gasteiger partial charge < -0.3 is 5.32 Å². The van der Waals surface area contributed by atoms with Gasteiger partial charge in [-0.2, -0.15) is 10.2 Å². The van der Waals surface area contributed by atoms with E-state index in [1.165, 1.54) is 7.05 Å². The second-order valence-corrected chi connectivity index (χ2v) is 5.25. The summed E-state index contributed by atoms with van der Waals surface area (Å²) < 4.78 is 68.1. The van der Waals surface area contributed by atoms with Gasteiger partial charge in [-0.25, -0.2) is 26.6 Å². The zero-order valence-corrected chi connectivity index (χ0v) is 13.1. The highest BCUT2D eigenvalue weighted by Gasteiger charge is 2.23. The van der Waals surface area contributed by atoms with Crippen molar-refractivity contribution < 1.29 is 26.7 Å². The fourth-order valence-corrected chi connectivity index (χ4v) is 2.30. The number of amides is 1. The van der Waals surface area contributed by atoms with E-state index in [0.29, 0.717) is 12.1 Å². The summed E-state index contributed by atoms with van der Waals surface area (Å²) in [6, 6.07) is 0.950. The van der Waals surface area contributed by atoms with Gasteiger partial charge in [-0.1, -0.05) is 0 Å². The molecular weight excluding hydrogens is 361 g/mol. The lowest BCUT2D eigenvalue weighted by atomic mass is 10.2. The molecule has 0 unspecified atom stereocenters. The van der Waals surface area contributed by atoms with Gasteiger partial charge in [0.15, 0.2) is 11.6 Å². The Morgan fingerprint density at radius 3 is 2.42 bits per heavy atom. The van der Waals surface area contributed by atoms with Crippen LogP contribution in [0.2, 0.25) is 0 Å².